The van der Waals surface area contributed by atoms with Crippen LogP contribution in [0, 0.1) is 42.4 Å². The normalized spacial score (nSPS) is 14.8. The number of fused-ring (bicyclic) bond motifs is 2. The van der Waals surface area contributed by atoms with Crippen molar-refractivity contribution in [3.8, 4) is 11.1 Å². The first-order valence-electron chi connectivity index (χ1n) is 25.8. The molecule has 0 aliphatic carbocycles. The minimum atomic E-state index is -6.02. The Kier molecular flexibility index (Phi) is 14.5. The van der Waals surface area contributed by atoms with Crippen LogP contribution in [-0.4, -0.2) is 14.7 Å². The van der Waals surface area contributed by atoms with Crippen molar-refractivity contribution in [1.29, 1.82) is 0 Å². The predicted octanol–water partition coefficient (Wildman–Crippen LogP) is 16.8. The molecule has 0 aliphatic heterocycles. The molecule has 0 aromatic heterocycles. The summed E-state index contributed by atoms with van der Waals surface area (Å²) in [5, 5.41) is 4.78. The van der Waals surface area contributed by atoms with Crippen LogP contribution in [0.25, 0.3) is 32.7 Å². The van der Waals surface area contributed by atoms with Gasteiger partial charge in [-0.3, -0.25) is 0 Å². The third kappa shape index (κ3) is 9.37. The fraction of sp³-hybridized carbons (Fsp3) is 0.587. The van der Waals surface area contributed by atoms with Gasteiger partial charge in [-0.1, -0.05) is 0 Å². The Morgan fingerprint density at radius 2 is 0.687 bits per heavy atom. The van der Waals surface area contributed by atoms with Gasteiger partial charge in [-0.2, -0.15) is 0 Å². The molecular weight excluding hydrogens is 836 g/mol. The van der Waals surface area contributed by atoms with Crippen LogP contribution in [-0.2, 0) is 32.5 Å². The van der Waals surface area contributed by atoms with Crippen molar-refractivity contribution < 1.29 is 14.7 Å². The van der Waals surface area contributed by atoms with Crippen LogP contribution in [0.1, 0.15) is 205 Å². The van der Waals surface area contributed by atoms with Crippen LogP contribution in [0.5, 0.6) is 0 Å². The molecule has 0 fully saturated rings. The van der Waals surface area contributed by atoms with Crippen LogP contribution in [0.3, 0.4) is 0 Å². The molecule has 0 radical (unpaired) electrons. The van der Waals surface area contributed by atoms with Crippen molar-refractivity contribution in [1.82, 2.24) is 0 Å². The first-order valence-corrected chi connectivity index (χ1v) is 27.9. The monoisotopic (exact) mass is 931 g/mol. The summed E-state index contributed by atoms with van der Waals surface area (Å²) in [5.41, 5.74) is 8.03. The van der Waals surface area contributed by atoms with E-state index in [1.165, 1.54) is 22.1 Å². The summed E-state index contributed by atoms with van der Waals surface area (Å²) in [6.45, 7) is 57.1. The summed E-state index contributed by atoms with van der Waals surface area (Å²) < 4.78 is 0. The third-order valence-corrected chi connectivity index (χ3v) is 21.9. The number of rotatable bonds is 15. The van der Waals surface area contributed by atoms with Gasteiger partial charge < -0.3 is 0 Å². The molecule has 5 aromatic rings. The Hall–Kier alpha value is -3.07. The van der Waals surface area contributed by atoms with Crippen molar-refractivity contribution in [3.05, 3.63) is 106 Å². The molecule has 0 saturated carbocycles. The van der Waals surface area contributed by atoms with E-state index in [-0.39, 0.29) is 55.4 Å². The van der Waals surface area contributed by atoms with E-state index in [9.17, 15) is 14.7 Å². The van der Waals surface area contributed by atoms with Gasteiger partial charge in [0.05, 0.1) is 0 Å². The molecule has 3 nitrogen and oxygen atoms in total. The van der Waals surface area contributed by atoms with Gasteiger partial charge in [-0.15, -0.1) is 0 Å². The predicted molar refractivity (Wildman–Crippen MR) is 298 cm³/mol. The van der Waals surface area contributed by atoms with E-state index in [4.69, 9.17) is 0 Å². The summed E-state index contributed by atoms with van der Waals surface area (Å²) in [6.07, 6.45) is 0. The second-order valence-electron chi connectivity index (χ2n) is 26.5. The SMILES string of the molecule is Cc1ccc(P(O)(O)(O)c2cc3c(C(C)(C)C(C)C)cc(C(C)(C)C(C)C)cc3cc2C(C)(C)C(C)C)c(-c2cc3c(C(C)(C)C(C)C)cc(C(C)(C)C(C)C)cc3cc2C(C)(C)C(C)C)c1. The van der Waals surface area contributed by atoms with Crippen molar-refractivity contribution in [3.63, 3.8) is 0 Å². The van der Waals surface area contributed by atoms with E-state index in [2.05, 4.69) is 222 Å². The zero-order chi connectivity index (χ0) is 51.3. The standard InChI is InChI=1S/C63H95O3P/c1-37(2)58(14,15)46-29-44-31-52(60(18,19)39(5)6)50(35-48(44)53(33-46)61(20,21)40(7)8)51-28-43(13)26-27-56(51)67(64,65,66)57-36-49-45(32-55(57)63(24,25)42(11)12)30-47(59(16,17)38(3)4)34-54(49)62(22,23)41(9)10/h26-42,64-66H,1-25H3. The molecular formula is C63H95O3P. The first kappa shape index (κ1) is 54.9. The van der Waals surface area contributed by atoms with E-state index in [1.54, 1.807) is 0 Å². The second kappa shape index (κ2) is 17.7. The van der Waals surface area contributed by atoms with E-state index >= 15 is 0 Å². The maximum atomic E-state index is 13.7. The molecule has 5 rings (SSSR count). The molecule has 0 saturated heterocycles. The maximum absolute atomic E-state index is 13.7. The van der Waals surface area contributed by atoms with Gasteiger partial charge in [0.2, 0.25) is 0 Å². The Labute approximate surface area is 410 Å². The van der Waals surface area contributed by atoms with Gasteiger partial charge in [0.1, 0.15) is 0 Å². The summed E-state index contributed by atoms with van der Waals surface area (Å²) in [5.74, 6) is 1.81. The number of aryl methyl sites for hydroxylation is 1. The van der Waals surface area contributed by atoms with Gasteiger partial charge in [-0.25, -0.2) is 0 Å². The zero-order valence-corrected chi connectivity index (χ0v) is 48.0. The van der Waals surface area contributed by atoms with Crippen LogP contribution in [0.2, 0.25) is 0 Å². The van der Waals surface area contributed by atoms with Gasteiger partial charge in [-0.05, 0) is 0 Å². The molecule has 0 atom stereocenters. The molecule has 0 aliphatic rings. The summed E-state index contributed by atoms with van der Waals surface area (Å²) >= 11 is 0. The number of hydrogen-bond donors (Lipinski definition) is 3. The van der Waals surface area contributed by atoms with Gasteiger partial charge in [0.25, 0.3) is 0 Å². The Morgan fingerprint density at radius 1 is 0.343 bits per heavy atom. The Bertz CT molecular complexity index is 2650. The quantitative estimate of drug-likeness (QED) is 0.0917. The molecule has 370 valence electrons. The average molecular weight is 931 g/mol. The Morgan fingerprint density at radius 3 is 1.07 bits per heavy atom. The van der Waals surface area contributed by atoms with E-state index < -0.39 is 12.7 Å². The van der Waals surface area contributed by atoms with Crippen LogP contribution in [0.4, 0.5) is 0 Å². The van der Waals surface area contributed by atoms with E-state index in [0.29, 0.717) is 23.3 Å². The van der Waals surface area contributed by atoms with E-state index in [1.807, 2.05) is 18.2 Å². The molecule has 0 bridgehead atoms. The van der Waals surface area contributed by atoms with Crippen molar-refractivity contribution in [2.45, 2.75) is 206 Å². The van der Waals surface area contributed by atoms with Crippen LogP contribution >= 0.6 is 7.28 Å². The molecule has 4 heteroatoms. The van der Waals surface area contributed by atoms with Gasteiger partial charge >= 0.3 is 412 Å². The van der Waals surface area contributed by atoms with Gasteiger partial charge in [0, 0.05) is 0 Å². The van der Waals surface area contributed by atoms with Crippen molar-refractivity contribution >= 4 is 39.4 Å². The molecule has 67 heavy (non-hydrogen) atoms. The topological polar surface area (TPSA) is 60.7 Å². The van der Waals surface area contributed by atoms with Gasteiger partial charge in [0.15, 0.2) is 0 Å². The number of hydrogen-bond acceptors (Lipinski definition) is 3. The molecule has 0 heterocycles. The number of benzene rings is 5. The average Bonchev–Trinajstić information content (AvgIpc) is 3.20. The molecule has 0 amide bonds. The third-order valence-electron chi connectivity index (χ3n) is 19.4. The minimum absolute atomic E-state index is 0.0637. The Balaban J connectivity index is 2.07. The molecule has 0 spiro atoms. The fourth-order valence-electron chi connectivity index (χ4n) is 9.50. The second-order valence-corrected chi connectivity index (χ2v) is 29.4. The molecule has 0 unspecified atom stereocenters. The van der Waals surface area contributed by atoms with Crippen LogP contribution in [0.15, 0.2) is 66.7 Å². The summed E-state index contributed by atoms with van der Waals surface area (Å²) in [6, 6.07) is 24.3. The van der Waals surface area contributed by atoms with E-state index in [0.717, 1.165) is 44.0 Å². The zero-order valence-electron chi connectivity index (χ0n) is 47.1. The summed E-state index contributed by atoms with van der Waals surface area (Å²) in [7, 11) is -6.02. The fourth-order valence-corrected chi connectivity index (χ4v) is 11.9. The van der Waals surface area contributed by atoms with Crippen LogP contribution < -0.4 is 10.6 Å². The molecule has 3 N–H and O–H groups in total. The summed E-state index contributed by atoms with van der Waals surface area (Å²) in [4.78, 5) is 41.1. The van der Waals surface area contributed by atoms with Crippen molar-refractivity contribution in [2.75, 3.05) is 0 Å². The van der Waals surface area contributed by atoms with Crippen molar-refractivity contribution in [2.24, 2.45) is 35.5 Å². The molecule has 5 aromatic carbocycles. The first-order chi connectivity index (χ1) is 30.2.